The fourth-order valence-electron chi connectivity index (χ4n) is 1.90. The molecule has 0 aromatic heterocycles. The van der Waals surface area contributed by atoms with Gasteiger partial charge in [-0.2, -0.15) is 0 Å². The standard InChI is InChI=1S/C11H21N3O/c1-11(2)8(6-9(11)15)14-10(12-3)13-7-4-5-7/h7-9,15H,4-6H2,1-3H3,(H2,12,13,14). The van der Waals surface area contributed by atoms with Gasteiger partial charge in [-0.1, -0.05) is 13.8 Å². The highest BCUT2D eigenvalue weighted by Gasteiger charge is 2.47. The van der Waals surface area contributed by atoms with Crippen LogP contribution >= 0.6 is 0 Å². The molecule has 2 rings (SSSR count). The van der Waals surface area contributed by atoms with Crippen LogP contribution < -0.4 is 10.6 Å². The van der Waals surface area contributed by atoms with E-state index in [-0.39, 0.29) is 11.5 Å². The van der Waals surface area contributed by atoms with Gasteiger partial charge in [-0.05, 0) is 19.3 Å². The summed E-state index contributed by atoms with van der Waals surface area (Å²) >= 11 is 0. The average Bonchev–Trinajstić information content (AvgIpc) is 2.99. The van der Waals surface area contributed by atoms with Crippen molar-refractivity contribution in [3.63, 3.8) is 0 Å². The fraction of sp³-hybridized carbons (Fsp3) is 0.909. The number of nitrogens with zero attached hydrogens (tertiary/aromatic N) is 1. The summed E-state index contributed by atoms with van der Waals surface area (Å²) < 4.78 is 0. The summed E-state index contributed by atoms with van der Waals surface area (Å²) in [5.41, 5.74) is -0.0405. The smallest absolute Gasteiger partial charge is 0.191 e. The number of hydrogen-bond acceptors (Lipinski definition) is 2. The van der Waals surface area contributed by atoms with Crippen LogP contribution in [0.4, 0.5) is 0 Å². The number of hydrogen-bond donors (Lipinski definition) is 3. The lowest BCUT2D eigenvalue weighted by Crippen LogP contribution is -2.62. The molecule has 0 aromatic carbocycles. The molecule has 4 heteroatoms. The number of rotatable bonds is 2. The molecule has 0 aromatic rings. The maximum Gasteiger partial charge on any atom is 0.191 e. The highest BCUT2D eigenvalue weighted by Crippen LogP contribution is 2.40. The highest BCUT2D eigenvalue weighted by atomic mass is 16.3. The van der Waals surface area contributed by atoms with E-state index in [1.54, 1.807) is 7.05 Å². The van der Waals surface area contributed by atoms with Gasteiger partial charge < -0.3 is 15.7 Å². The third-order valence-corrected chi connectivity index (χ3v) is 3.67. The van der Waals surface area contributed by atoms with E-state index in [1.807, 2.05) is 0 Å². The molecule has 0 spiro atoms. The van der Waals surface area contributed by atoms with Crippen LogP contribution in [0.15, 0.2) is 4.99 Å². The summed E-state index contributed by atoms with van der Waals surface area (Å²) in [6, 6.07) is 0.946. The molecule has 0 amide bonds. The van der Waals surface area contributed by atoms with Crippen molar-refractivity contribution in [2.75, 3.05) is 7.05 Å². The Morgan fingerprint density at radius 2 is 2.00 bits per heavy atom. The lowest BCUT2D eigenvalue weighted by molar-refractivity contribution is -0.0662. The van der Waals surface area contributed by atoms with E-state index in [4.69, 9.17) is 0 Å². The molecule has 2 aliphatic rings. The van der Waals surface area contributed by atoms with Gasteiger partial charge in [-0.3, -0.25) is 4.99 Å². The van der Waals surface area contributed by atoms with Gasteiger partial charge in [0.25, 0.3) is 0 Å². The van der Waals surface area contributed by atoms with Crippen molar-refractivity contribution in [2.24, 2.45) is 10.4 Å². The Morgan fingerprint density at radius 3 is 2.40 bits per heavy atom. The molecular formula is C11H21N3O. The van der Waals surface area contributed by atoms with Crippen LogP contribution in [0.2, 0.25) is 0 Å². The van der Waals surface area contributed by atoms with E-state index >= 15 is 0 Å². The summed E-state index contributed by atoms with van der Waals surface area (Å²) in [7, 11) is 1.79. The van der Waals surface area contributed by atoms with Crippen LogP contribution in [0.1, 0.15) is 33.1 Å². The zero-order chi connectivity index (χ0) is 11.1. The quantitative estimate of drug-likeness (QED) is 0.460. The second-order valence-corrected chi connectivity index (χ2v) is 5.26. The molecule has 2 unspecified atom stereocenters. The van der Waals surface area contributed by atoms with E-state index in [1.165, 1.54) is 12.8 Å². The molecule has 0 heterocycles. The van der Waals surface area contributed by atoms with Crippen molar-refractivity contribution in [3.05, 3.63) is 0 Å². The summed E-state index contributed by atoms with van der Waals surface area (Å²) in [5, 5.41) is 16.3. The number of aliphatic imine (C=N–C) groups is 1. The predicted molar refractivity (Wildman–Crippen MR) is 60.8 cm³/mol. The van der Waals surface area contributed by atoms with Crippen LogP contribution in [0, 0.1) is 5.41 Å². The van der Waals surface area contributed by atoms with Gasteiger partial charge in [-0.15, -0.1) is 0 Å². The van der Waals surface area contributed by atoms with E-state index < -0.39 is 0 Å². The van der Waals surface area contributed by atoms with E-state index in [2.05, 4.69) is 29.5 Å². The van der Waals surface area contributed by atoms with Crippen molar-refractivity contribution in [2.45, 2.75) is 51.3 Å². The van der Waals surface area contributed by atoms with E-state index in [9.17, 15) is 5.11 Å². The Bertz CT molecular complexity index is 271. The largest absolute Gasteiger partial charge is 0.392 e. The molecule has 0 saturated heterocycles. The maximum absolute atomic E-state index is 9.63. The monoisotopic (exact) mass is 211 g/mol. The Labute approximate surface area is 91.2 Å². The first kappa shape index (κ1) is 10.7. The Kier molecular flexibility index (Phi) is 2.63. The zero-order valence-corrected chi connectivity index (χ0v) is 9.75. The second-order valence-electron chi connectivity index (χ2n) is 5.26. The zero-order valence-electron chi connectivity index (χ0n) is 9.75. The Balaban J connectivity index is 1.85. The van der Waals surface area contributed by atoms with Gasteiger partial charge in [0.05, 0.1) is 6.10 Å². The van der Waals surface area contributed by atoms with Crippen LogP contribution in [-0.4, -0.2) is 36.3 Å². The van der Waals surface area contributed by atoms with Crippen molar-refractivity contribution < 1.29 is 5.11 Å². The van der Waals surface area contributed by atoms with Gasteiger partial charge in [0.2, 0.25) is 0 Å². The molecule has 3 N–H and O–H groups in total. The molecule has 2 atom stereocenters. The summed E-state index contributed by atoms with van der Waals surface area (Å²) in [6.45, 7) is 4.17. The van der Waals surface area contributed by atoms with E-state index in [0.717, 1.165) is 12.4 Å². The molecule has 0 bridgehead atoms. The third kappa shape index (κ3) is 2.09. The van der Waals surface area contributed by atoms with Crippen molar-refractivity contribution in [3.8, 4) is 0 Å². The topological polar surface area (TPSA) is 56.7 Å². The minimum atomic E-state index is -0.186. The molecule has 86 valence electrons. The number of guanidine groups is 1. The van der Waals surface area contributed by atoms with Crippen LogP contribution in [0.5, 0.6) is 0 Å². The Morgan fingerprint density at radius 1 is 1.33 bits per heavy atom. The average molecular weight is 211 g/mol. The highest BCUT2D eigenvalue weighted by molar-refractivity contribution is 5.80. The first-order valence-electron chi connectivity index (χ1n) is 5.72. The number of aliphatic hydroxyl groups excluding tert-OH is 1. The third-order valence-electron chi connectivity index (χ3n) is 3.67. The van der Waals surface area contributed by atoms with Crippen molar-refractivity contribution >= 4 is 5.96 Å². The predicted octanol–water partition coefficient (Wildman–Crippen LogP) is 0.473. The molecule has 2 saturated carbocycles. The molecule has 4 nitrogen and oxygen atoms in total. The van der Waals surface area contributed by atoms with Gasteiger partial charge in [-0.25, -0.2) is 0 Å². The first-order valence-corrected chi connectivity index (χ1v) is 5.72. The summed E-state index contributed by atoms with van der Waals surface area (Å²) in [6.07, 6.45) is 3.13. The first-order chi connectivity index (χ1) is 7.04. The molecule has 15 heavy (non-hydrogen) atoms. The number of nitrogens with one attached hydrogen (secondary N) is 2. The van der Waals surface area contributed by atoms with Gasteiger partial charge >= 0.3 is 0 Å². The maximum atomic E-state index is 9.63. The second kappa shape index (κ2) is 3.67. The summed E-state index contributed by atoms with van der Waals surface area (Å²) in [4.78, 5) is 4.19. The van der Waals surface area contributed by atoms with E-state index in [0.29, 0.717) is 12.1 Å². The van der Waals surface area contributed by atoms with Crippen molar-refractivity contribution in [1.82, 2.24) is 10.6 Å². The van der Waals surface area contributed by atoms with Crippen molar-refractivity contribution in [1.29, 1.82) is 0 Å². The Hall–Kier alpha value is -0.770. The van der Waals surface area contributed by atoms with Crippen LogP contribution in [0.3, 0.4) is 0 Å². The minimum absolute atomic E-state index is 0.0405. The van der Waals surface area contributed by atoms with Crippen LogP contribution in [-0.2, 0) is 0 Å². The van der Waals surface area contributed by atoms with Gasteiger partial charge in [0, 0.05) is 24.5 Å². The van der Waals surface area contributed by atoms with Gasteiger partial charge in [0.1, 0.15) is 0 Å². The summed E-state index contributed by atoms with van der Waals surface area (Å²) in [5.74, 6) is 0.877. The van der Waals surface area contributed by atoms with Crippen LogP contribution in [0.25, 0.3) is 0 Å². The van der Waals surface area contributed by atoms with Gasteiger partial charge in [0.15, 0.2) is 5.96 Å². The molecular weight excluding hydrogens is 190 g/mol. The molecule has 2 aliphatic carbocycles. The lowest BCUT2D eigenvalue weighted by Gasteiger charge is -2.49. The molecule has 2 fully saturated rings. The molecule has 0 aliphatic heterocycles. The SMILES string of the molecule is CN=C(NC1CC1)NC1CC(O)C1(C)C. The minimum Gasteiger partial charge on any atom is -0.392 e. The normalized spacial score (nSPS) is 34.5. The molecule has 0 radical (unpaired) electrons. The fourth-order valence-corrected chi connectivity index (χ4v) is 1.90. The lowest BCUT2D eigenvalue weighted by atomic mass is 9.64. The number of aliphatic hydroxyl groups is 1.